The predicted molar refractivity (Wildman–Crippen MR) is 78.0 cm³/mol. The molecule has 1 aromatic rings. The lowest BCUT2D eigenvalue weighted by Gasteiger charge is -2.20. The highest BCUT2D eigenvalue weighted by Gasteiger charge is 2.11. The maximum Gasteiger partial charge on any atom is 0.119 e. The van der Waals surface area contributed by atoms with Gasteiger partial charge in [-0.05, 0) is 29.7 Å². The van der Waals surface area contributed by atoms with E-state index < -0.39 is 6.10 Å². The molecule has 0 bridgehead atoms. The lowest BCUT2D eigenvalue weighted by Crippen LogP contribution is -2.36. The van der Waals surface area contributed by atoms with Gasteiger partial charge in [-0.25, -0.2) is 0 Å². The van der Waals surface area contributed by atoms with Gasteiger partial charge in [-0.15, -0.1) is 0 Å². The van der Waals surface area contributed by atoms with Crippen LogP contribution in [0.15, 0.2) is 28.7 Å². The topological polar surface area (TPSA) is 41.5 Å². The standard InChI is InChI=1S/C14H22BrNO2/c1-14(2,3)10-16-8-12(17)9-18-13-6-4-11(15)5-7-13/h4-7,12,16-17H,8-10H2,1-3H3. The van der Waals surface area contributed by atoms with Crippen LogP contribution in [0.5, 0.6) is 5.75 Å². The molecule has 0 saturated carbocycles. The van der Waals surface area contributed by atoms with Crippen LogP contribution in [0.2, 0.25) is 0 Å². The van der Waals surface area contributed by atoms with Crippen LogP contribution in [-0.4, -0.2) is 30.9 Å². The number of aliphatic hydroxyl groups is 1. The largest absolute Gasteiger partial charge is 0.491 e. The van der Waals surface area contributed by atoms with Crippen molar-refractivity contribution in [1.82, 2.24) is 5.32 Å². The lowest BCUT2D eigenvalue weighted by atomic mass is 9.97. The van der Waals surface area contributed by atoms with E-state index >= 15 is 0 Å². The summed E-state index contributed by atoms with van der Waals surface area (Å²) in [4.78, 5) is 0. The third-order valence-electron chi connectivity index (χ3n) is 2.29. The van der Waals surface area contributed by atoms with Crippen LogP contribution in [0.1, 0.15) is 20.8 Å². The Balaban J connectivity index is 2.21. The van der Waals surface area contributed by atoms with E-state index in [0.29, 0.717) is 13.2 Å². The van der Waals surface area contributed by atoms with Crippen molar-refractivity contribution >= 4 is 15.9 Å². The molecule has 18 heavy (non-hydrogen) atoms. The number of benzene rings is 1. The van der Waals surface area contributed by atoms with E-state index in [-0.39, 0.29) is 5.41 Å². The average molecular weight is 316 g/mol. The molecule has 0 aliphatic carbocycles. The summed E-state index contributed by atoms with van der Waals surface area (Å²) < 4.78 is 6.51. The van der Waals surface area contributed by atoms with Gasteiger partial charge in [0.05, 0.1) is 0 Å². The average Bonchev–Trinajstić information content (AvgIpc) is 2.26. The van der Waals surface area contributed by atoms with Gasteiger partial charge in [0.15, 0.2) is 0 Å². The first-order valence-corrected chi connectivity index (χ1v) is 6.93. The molecule has 0 aliphatic rings. The minimum absolute atomic E-state index is 0.228. The normalized spacial score (nSPS) is 13.4. The van der Waals surface area contributed by atoms with Crippen molar-refractivity contribution in [2.24, 2.45) is 5.41 Å². The lowest BCUT2D eigenvalue weighted by molar-refractivity contribution is 0.104. The van der Waals surface area contributed by atoms with Crippen molar-refractivity contribution in [2.45, 2.75) is 26.9 Å². The quantitative estimate of drug-likeness (QED) is 0.848. The molecule has 0 spiro atoms. The minimum Gasteiger partial charge on any atom is -0.491 e. The van der Waals surface area contributed by atoms with E-state index in [4.69, 9.17) is 4.74 Å². The molecule has 0 amide bonds. The highest BCUT2D eigenvalue weighted by molar-refractivity contribution is 9.10. The van der Waals surface area contributed by atoms with E-state index in [1.165, 1.54) is 0 Å². The third-order valence-corrected chi connectivity index (χ3v) is 2.82. The van der Waals surface area contributed by atoms with Gasteiger partial charge in [0, 0.05) is 17.6 Å². The fraction of sp³-hybridized carbons (Fsp3) is 0.571. The van der Waals surface area contributed by atoms with Gasteiger partial charge in [0.25, 0.3) is 0 Å². The SMILES string of the molecule is CC(C)(C)CNCC(O)COc1ccc(Br)cc1. The second-order valence-electron chi connectivity index (χ2n) is 5.61. The van der Waals surface area contributed by atoms with Crippen LogP contribution >= 0.6 is 15.9 Å². The molecule has 4 heteroatoms. The second-order valence-corrected chi connectivity index (χ2v) is 6.53. The maximum atomic E-state index is 9.77. The number of hydrogen-bond donors (Lipinski definition) is 2. The van der Waals surface area contributed by atoms with Crippen molar-refractivity contribution in [3.63, 3.8) is 0 Å². The number of ether oxygens (including phenoxy) is 1. The summed E-state index contributed by atoms with van der Waals surface area (Å²) in [6.45, 7) is 8.20. The van der Waals surface area contributed by atoms with Gasteiger partial charge in [-0.1, -0.05) is 36.7 Å². The highest BCUT2D eigenvalue weighted by atomic mass is 79.9. The summed E-state index contributed by atoms with van der Waals surface area (Å²) in [6, 6.07) is 7.58. The predicted octanol–water partition coefficient (Wildman–Crippen LogP) is 2.82. The Kier molecular flexibility index (Phi) is 6.12. The zero-order valence-electron chi connectivity index (χ0n) is 11.2. The Bertz CT molecular complexity index is 346. The molecule has 0 saturated heterocycles. The molecule has 0 aliphatic heterocycles. The van der Waals surface area contributed by atoms with E-state index in [0.717, 1.165) is 16.8 Å². The molecule has 0 heterocycles. The number of aliphatic hydroxyl groups excluding tert-OH is 1. The minimum atomic E-state index is -0.490. The monoisotopic (exact) mass is 315 g/mol. The number of halogens is 1. The molecule has 1 atom stereocenters. The zero-order chi connectivity index (χ0) is 13.6. The van der Waals surface area contributed by atoms with E-state index in [1.54, 1.807) is 0 Å². The number of hydrogen-bond acceptors (Lipinski definition) is 3. The van der Waals surface area contributed by atoms with Crippen molar-refractivity contribution < 1.29 is 9.84 Å². The second kappa shape index (κ2) is 7.12. The molecule has 0 aromatic heterocycles. The van der Waals surface area contributed by atoms with E-state index in [1.807, 2.05) is 24.3 Å². The summed E-state index contributed by atoms with van der Waals surface area (Å²) in [7, 11) is 0. The fourth-order valence-corrected chi connectivity index (χ4v) is 1.66. The summed E-state index contributed by atoms with van der Waals surface area (Å²) in [5, 5.41) is 13.0. The first-order chi connectivity index (χ1) is 8.37. The summed E-state index contributed by atoms with van der Waals surface area (Å²) in [6.07, 6.45) is -0.490. The maximum absolute atomic E-state index is 9.77. The first-order valence-electron chi connectivity index (χ1n) is 6.14. The Labute approximate surface area is 118 Å². The van der Waals surface area contributed by atoms with E-state index in [9.17, 15) is 5.11 Å². The summed E-state index contributed by atoms with van der Waals surface area (Å²) >= 11 is 3.36. The molecule has 1 aromatic carbocycles. The van der Waals surface area contributed by atoms with Crippen LogP contribution in [0.4, 0.5) is 0 Å². The van der Waals surface area contributed by atoms with Crippen molar-refractivity contribution in [3.05, 3.63) is 28.7 Å². The Morgan fingerprint density at radius 1 is 1.28 bits per heavy atom. The van der Waals surface area contributed by atoms with Gasteiger partial charge >= 0.3 is 0 Å². The van der Waals surface area contributed by atoms with Crippen molar-refractivity contribution in [1.29, 1.82) is 0 Å². The molecule has 0 fully saturated rings. The van der Waals surface area contributed by atoms with Gasteiger partial charge in [0.2, 0.25) is 0 Å². The molecule has 3 nitrogen and oxygen atoms in total. The smallest absolute Gasteiger partial charge is 0.119 e. The van der Waals surface area contributed by atoms with Crippen molar-refractivity contribution in [3.8, 4) is 5.75 Å². The Morgan fingerprint density at radius 2 is 1.89 bits per heavy atom. The Morgan fingerprint density at radius 3 is 2.44 bits per heavy atom. The summed E-state index contributed by atoms with van der Waals surface area (Å²) in [5.41, 5.74) is 0.228. The molecule has 2 N–H and O–H groups in total. The molecular formula is C14H22BrNO2. The van der Waals surface area contributed by atoms with Gasteiger partial charge < -0.3 is 15.2 Å². The first kappa shape index (κ1) is 15.5. The fourth-order valence-electron chi connectivity index (χ4n) is 1.40. The number of nitrogens with one attached hydrogen (secondary N) is 1. The van der Waals surface area contributed by atoms with Gasteiger partial charge in [-0.2, -0.15) is 0 Å². The van der Waals surface area contributed by atoms with Crippen LogP contribution in [0.3, 0.4) is 0 Å². The zero-order valence-corrected chi connectivity index (χ0v) is 12.8. The Hall–Kier alpha value is -0.580. The molecule has 1 rings (SSSR count). The van der Waals surface area contributed by atoms with Gasteiger partial charge in [0.1, 0.15) is 18.5 Å². The van der Waals surface area contributed by atoms with E-state index in [2.05, 4.69) is 42.0 Å². The molecule has 0 radical (unpaired) electrons. The molecule has 102 valence electrons. The van der Waals surface area contributed by atoms with Crippen molar-refractivity contribution in [2.75, 3.05) is 19.7 Å². The highest BCUT2D eigenvalue weighted by Crippen LogP contribution is 2.16. The van der Waals surface area contributed by atoms with Gasteiger partial charge in [-0.3, -0.25) is 0 Å². The molecule has 1 unspecified atom stereocenters. The molecular weight excluding hydrogens is 294 g/mol. The van der Waals surface area contributed by atoms with Crippen LogP contribution in [0.25, 0.3) is 0 Å². The summed E-state index contributed by atoms with van der Waals surface area (Å²) in [5.74, 6) is 0.771. The third kappa shape index (κ3) is 6.99. The van der Waals surface area contributed by atoms with Crippen LogP contribution < -0.4 is 10.1 Å². The van der Waals surface area contributed by atoms with Crippen LogP contribution in [-0.2, 0) is 0 Å². The van der Waals surface area contributed by atoms with Crippen LogP contribution in [0, 0.1) is 5.41 Å². The number of rotatable bonds is 6.